The van der Waals surface area contributed by atoms with Gasteiger partial charge in [0.05, 0.1) is 5.69 Å². The second-order valence-corrected chi connectivity index (χ2v) is 14.3. The molecule has 0 unspecified atom stereocenters. The summed E-state index contributed by atoms with van der Waals surface area (Å²) in [7, 11) is 0. The highest BCUT2D eigenvalue weighted by atomic mass is 16.2. The van der Waals surface area contributed by atoms with E-state index in [2.05, 4.69) is 6.92 Å². The van der Waals surface area contributed by atoms with Crippen molar-refractivity contribution in [2.75, 3.05) is 11.4 Å². The minimum atomic E-state index is -0.340. The Bertz CT molecular complexity index is 2270. The van der Waals surface area contributed by atoms with E-state index in [0.29, 0.717) is 45.3 Å². The van der Waals surface area contributed by atoms with Gasteiger partial charge < -0.3 is 0 Å². The minimum Gasteiger partial charge on any atom is -0.274 e. The van der Waals surface area contributed by atoms with Crippen molar-refractivity contribution in [3.63, 3.8) is 0 Å². The molecule has 2 heterocycles. The zero-order chi connectivity index (χ0) is 34.7. The van der Waals surface area contributed by atoms with Crippen LogP contribution in [-0.4, -0.2) is 35.1 Å². The van der Waals surface area contributed by atoms with Crippen LogP contribution in [0.25, 0.3) is 43.1 Å². The molecule has 6 nitrogen and oxygen atoms in total. The van der Waals surface area contributed by atoms with Crippen molar-refractivity contribution in [3.8, 4) is 0 Å². The molecule has 0 spiro atoms. The predicted octanol–water partition coefficient (Wildman–Crippen LogP) is 10.7. The molecule has 0 saturated carbocycles. The molecule has 6 aromatic rings. The minimum absolute atomic E-state index is 0.235. The van der Waals surface area contributed by atoms with Gasteiger partial charge in [0.2, 0.25) is 0 Å². The van der Waals surface area contributed by atoms with Crippen molar-refractivity contribution in [2.24, 2.45) is 0 Å². The maximum atomic E-state index is 14.1. The van der Waals surface area contributed by atoms with Crippen molar-refractivity contribution in [2.45, 2.75) is 85.0 Å². The van der Waals surface area contributed by atoms with Crippen LogP contribution in [0.4, 0.5) is 5.69 Å². The smallest absolute Gasteiger partial charge is 0.265 e. The molecule has 50 heavy (non-hydrogen) atoms. The zero-order valence-electron chi connectivity index (χ0n) is 29.2. The number of aryl methyl sites for hydroxylation is 2. The van der Waals surface area contributed by atoms with Crippen molar-refractivity contribution in [1.82, 2.24) is 4.90 Å². The molecule has 2 aliphatic heterocycles. The standard InChI is InChI=1S/C44H42N2O4/c1-4-5-6-7-8-9-10-11-12-13-24-45-41(47)32-19-15-28-30-17-21-34-40-35(44(50)46(43(34)49)36-23-14-26(2)25-27(36)3)22-18-31(38(30)40)29-16-20-33(42(45)48)39(32)37(28)29/h14-23,25H,4-13,24H2,1-3H3. The van der Waals surface area contributed by atoms with Crippen molar-refractivity contribution in [1.29, 1.82) is 0 Å². The Morgan fingerprint density at radius 3 is 1.32 bits per heavy atom. The quantitative estimate of drug-likeness (QED) is 0.0566. The summed E-state index contributed by atoms with van der Waals surface area (Å²) in [5.41, 5.74) is 4.59. The number of carbonyl (C=O) groups is 4. The van der Waals surface area contributed by atoms with E-state index in [1.807, 2.05) is 80.6 Å². The fraction of sp³-hybridized carbons (Fsp3) is 0.318. The number of nitrogens with zero attached hydrogens (tertiary/aromatic N) is 2. The normalized spacial score (nSPS) is 14.5. The number of imide groups is 2. The van der Waals surface area contributed by atoms with E-state index in [9.17, 15) is 19.2 Å². The second kappa shape index (κ2) is 12.7. The highest BCUT2D eigenvalue weighted by Gasteiger charge is 2.37. The molecule has 6 aromatic carbocycles. The highest BCUT2D eigenvalue weighted by molar-refractivity contribution is 6.43. The number of anilines is 1. The number of carbonyl (C=O) groups excluding carboxylic acids is 4. The van der Waals surface area contributed by atoms with Crippen LogP contribution in [0.3, 0.4) is 0 Å². The van der Waals surface area contributed by atoms with Gasteiger partial charge in [-0.1, -0.05) is 107 Å². The molecule has 2 aliphatic rings. The second-order valence-electron chi connectivity index (χ2n) is 14.3. The predicted molar refractivity (Wildman–Crippen MR) is 202 cm³/mol. The summed E-state index contributed by atoms with van der Waals surface area (Å²) in [6.45, 7) is 6.57. The van der Waals surface area contributed by atoms with Crippen molar-refractivity contribution in [3.05, 3.63) is 100 Å². The molecule has 0 radical (unpaired) electrons. The van der Waals surface area contributed by atoms with Crippen LogP contribution in [-0.2, 0) is 0 Å². The first-order valence-corrected chi connectivity index (χ1v) is 18.3. The van der Waals surface area contributed by atoms with Crippen molar-refractivity contribution < 1.29 is 19.2 Å². The fourth-order valence-corrected chi connectivity index (χ4v) is 8.55. The van der Waals surface area contributed by atoms with E-state index < -0.39 is 0 Å². The average molecular weight is 663 g/mol. The van der Waals surface area contributed by atoms with Gasteiger partial charge >= 0.3 is 0 Å². The lowest BCUT2D eigenvalue weighted by Gasteiger charge is -2.30. The molecular formula is C44H42N2O4. The van der Waals surface area contributed by atoms with Gasteiger partial charge in [0, 0.05) is 39.6 Å². The van der Waals surface area contributed by atoms with Crippen LogP contribution in [0, 0.1) is 13.8 Å². The molecule has 0 aromatic heterocycles. The molecule has 0 atom stereocenters. The monoisotopic (exact) mass is 662 g/mol. The lowest BCUT2D eigenvalue weighted by molar-refractivity contribution is 0.0607. The molecule has 0 bridgehead atoms. The SMILES string of the molecule is CCCCCCCCCCCCN1C(=O)c2ccc3c4ccc5c6c(ccc(c7ccc(c2c37)C1=O)c64)C(=O)N(c1ccc(C)cc1C)C5=O. The Balaban J connectivity index is 1.14. The molecule has 0 fully saturated rings. The van der Waals surface area contributed by atoms with Crippen LogP contribution in [0.5, 0.6) is 0 Å². The Morgan fingerprint density at radius 2 is 0.880 bits per heavy atom. The third-order valence-corrected chi connectivity index (χ3v) is 11.0. The summed E-state index contributed by atoms with van der Waals surface area (Å²) in [6, 6.07) is 20.9. The first-order valence-electron chi connectivity index (χ1n) is 18.3. The molecule has 6 heteroatoms. The lowest BCUT2D eigenvalue weighted by atomic mass is 9.82. The summed E-state index contributed by atoms with van der Waals surface area (Å²) < 4.78 is 0. The summed E-state index contributed by atoms with van der Waals surface area (Å²) in [6.07, 6.45) is 11.9. The number of hydrogen-bond acceptors (Lipinski definition) is 4. The number of hydrogen-bond donors (Lipinski definition) is 0. The summed E-state index contributed by atoms with van der Waals surface area (Å²) in [5.74, 6) is -1.15. The van der Waals surface area contributed by atoms with Gasteiger partial charge in [-0.05, 0) is 88.5 Å². The number of unbranched alkanes of at least 4 members (excludes halogenated alkanes) is 9. The van der Waals surface area contributed by atoms with E-state index in [-0.39, 0.29) is 23.6 Å². The summed E-state index contributed by atoms with van der Waals surface area (Å²) in [5, 5.41) is 6.67. The van der Waals surface area contributed by atoms with Gasteiger partial charge in [-0.2, -0.15) is 0 Å². The van der Waals surface area contributed by atoms with Crippen LogP contribution >= 0.6 is 0 Å². The van der Waals surface area contributed by atoms with Gasteiger partial charge in [-0.3, -0.25) is 24.1 Å². The molecule has 252 valence electrons. The van der Waals surface area contributed by atoms with Gasteiger partial charge in [0.1, 0.15) is 0 Å². The van der Waals surface area contributed by atoms with E-state index >= 15 is 0 Å². The van der Waals surface area contributed by atoms with Crippen molar-refractivity contribution >= 4 is 72.4 Å². The molecular weight excluding hydrogens is 620 g/mol. The molecule has 0 N–H and O–H groups in total. The van der Waals surface area contributed by atoms with Gasteiger partial charge in [-0.25, -0.2) is 4.90 Å². The van der Waals surface area contributed by atoms with Crippen LogP contribution in [0.15, 0.2) is 66.7 Å². The number of rotatable bonds is 12. The maximum absolute atomic E-state index is 14.1. The molecule has 4 amide bonds. The molecule has 0 saturated heterocycles. The Labute approximate surface area is 292 Å². The topological polar surface area (TPSA) is 74.8 Å². The zero-order valence-corrected chi connectivity index (χ0v) is 29.2. The lowest BCUT2D eigenvalue weighted by Crippen LogP contribution is -2.41. The highest BCUT2D eigenvalue weighted by Crippen LogP contribution is 2.46. The van der Waals surface area contributed by atoms with E-state index in [1.165, 1.54) is 54.7 Å². The Kier molecular flexibility index (Phi) is 8.13. The van der Waals surface area contributed by atoms with E-state index in [0.717, 1.165) is 62.7 Å². The summed E-state index contributed by atoms with van der Waals surface area (Å²) in [4.78, 5) is 58.7. The number of amides is 4. The Morgan fingerprint density at radius 1 is 0.460 bits per heavy atom. The largest absolute Gasteiger partial charge is 0.274 e. The number of fused-ring (bicyclic) bond motifs is 2. The van der Waals surface area contributed by atoms with Gasteiger partial charge in [0.25, 0.3) is 23.6 Å². The van der Waals surface area contributed by atoms with Gasteiger partial charge in [-0.15, -0.1) is 0 Å². The van der Waals surface area contributed by atoms with Crippen LogP contribution in [0.1, 0.15) is 124 Å². The third kappa shape index (κ3) is 4.91. The van der Waals surface area contributed by atoms with Crippen LogP contribution in [0.2, 0.25) is 0 Å². The van der Waals surface area contributed by atoms with Crippen LogP contribution < -0.4 is 4.90 Å². The summed E-state index contributed by atoms with van der Waals surface area (Å²) >= 11 is 0. The fourth-order valence-electron chi connectivity index (χ4n) is 8.55. The Hall–Kier alpha value is -5.10. The number of benzene rings is 6. The first kappa shape index (κ1) is 32.1. The third-order valence-electron chi connectivity index (χ3n) is 11.0. The van der Waals surface area contributed by atoms with E-state index in [4.69, 9.17) is 0 Å². The first-order chi connectivity index (χ1) is 24.3. The maximum Gasteiger partial charge on any atom is 0.265 e. The van der Waals surface area contributed by atoms with E-state index in [1.54, 1.807) is 0 Å². The van der Waals surface area contributed by atoms with Gasteiger partial charge in [0.15, 0.2) is 0 Å². The molecule has 0 aliphatic carbocycles. The molecule has 8 rings (SSSR count). The average Bonchev–Trinajstić information content (AvgIpc) is 3.11.